The van der Waals surface area contributed by atoms with Gasteiger partial charge < -0.3 is 9.14 Å². The van der Waals surface area contributed by atoms with Gasteiger partial charge in [-0.15, -0.1) is 0 Å². The van der Waals surface area contributed by atoms with E-state index >= 15 is 0 Å². The molecule has 1 aliphatic rings. The van der Waals surface area contributed by atoms with Crippen molar-refractivity contribution in [2.24, 2.45) is 5.92 Å². The Hall–Kier alpha value is -1.88. The highest BCUT2D eigenvalue weighted by molar-refractivity contribution is 5.72. The van der Waals surface area contributed by atoms with Gasteiger partial charge in [-0.3, -0.25) is 9.69 Å². The minimum absolute atomic E-state index is 0.00535. The number of fused-ring (bicyclic) bond motifs is 1. The van der Waals surface area contributed by atoms with Crippen molar-refractivity contribution < 1.29 is 9.53 Å². The van der Waals surface area contributed by atoms with Crippen LogP contribution in [-0.2, 0) is 16.1 Å². The Morgan fingerprint density at radius 2 is 2.40 bits per heavy atom. The Morgan fingerprint density at radius 3 is 3.20 bits per heavy atom. The monoisotopic (exact) mass is 273 g/mol. The first kappa shape index (κ1) is 13.1. The lowest BCUT2D eigenvalue weighted by atomic mass is 9.98. The molecule has 0 amide bonds. The van der Waals surface area contributed by atoms with Gasteiger partial charge in [-0.25, -0.2) is 4.98 Å². The van der Waals surface area contributed by atoms with E-state index in [2.05, 4.69) is 16.1 Å². The topological polar surface area (TPSA) is 46.8 Å². The van der Waals surface area contributed by atoms with Gasteiger partial charge in [0.05, 0.1) is 18.7 Å². The molecule has 0 saturated carbocycles. The third-order valence-corrected chi connectivity index (χ3v) is 3.84. The summed E-state index contributed by atoms with van der Waals surface area (Å²) in [5, 5.41) is 0. The van der Waals surface area contributed by atoms with Crippen molar-refractivity contribution >= 4 is 11.6 Å². The van der Waals surface area contributed by atoms with Gasteiger partial charge >= 0.3 is 5.97 Å². The Bertz CT molecular complexity index is 575. The second-order valence-corrected chi connectivity index (χ2v) is 5.30. The molecule has 2 aromatic heterocycles. The Morgan fingerprint density at radius 1 is 1.50 bits per heavy atom. The maximum Gasteiger partial charge on any atom is 0.309 e. The van der Waals surface area contributed by atoms with Crippen molar-refractivity contribution in [1.82, 2.24) is 14.3 Å². The van der Waals surface area contributed by atoms with E-state index in [0.717, 1.165) is 43.8 Å². The van der Waals surface area contributed by atoms with E-state index in [9.17, 15) is 4.79 Å². The predicted octanol–water partition coefficient (Wildman–Crippen LogP) is 1.72. The summed E-state index contributed by atoms with van der Waals surface area (Å²) < 4.78 is 6.88. The van der Waals surface area contributed by atoms with Crippen molar-refractivity contribution in [3.63, 3.8) is 0 Å². The number of pyridine rings is 1. The summed E-state index contributed by atoms with van der Waals surface area (Å²) in [6.45, 7) is 2.57. The largest absolute Gasteiger partial charge is 0.469 e. The van der Waals surface area contributed by atoms with E-state index in [1.807, 2.05) is 28.8 Å². The molecule has 3 rings (SSSR count). The molecule has 1 saturated heterocycles. The van der Waals surface area contributed by atoms with E-state index < -0.39 is 0 Å². The fraction of sp³-hybridized carbons (Fsp3) is 0.467. The number of ether oxygens (including phenoxy) is 1. The van der Waals surface area contributed by atoms with Gasteiger partial charge in [0.15, 0.2) is 0 Å². The third kappa shape index (κ3) is 2.67. The molecule has 0 bridgehead atoms. The summed E-state index contributed by atoms with van der Waals surface area (Å²) in [5.74, 6) is -0.0875. The van der Waals surface area contributed by atoms with Crippen LogP contribution in [0, 0.1) is 5.92 Å². The highest BCUT2D eigenvalue weighted by Gasteiger charge is 2.26. The fourth-order valence-electron chi connectivity index (χ4n) is 2.85. The molecular weight excluding hydrogens is 254 g/mol. The lowest BCUT2D eigenvalue weighted by Crippen LogP contribution is -2.38. The summed E-state index contributed by atoms with van der Waals surface area (Å²) in [7, 11) is 1.46. The number of carbonyl (C=O) groups is 1. The normalized spacial score (nSPS) is 20.1. The van der Waals surface area contributed by atoms with E-state index in [-0.39, 0.29) is 11.9 Å². The molecule has 1 unspecified atom stereocenters. The molecular formula is C15H19N3O2. The quantitative estimate of drug-likeness (QED) is 0.799. The molecule has 0 aromatic carbocycles. The minimum atomic E-state index is -0.0929. The molecule has 1 fully saturated rings. The molecule has 0 aliphatic carbocycles. The lowest BCUT2D eigenvalue weighted by Gasteiger charge is -2.30. The van der Waals surface area contributed by atoms with Gasteiger partial charge in [0.25, 0.3) is 0 Å². The average molecular weight is 273 g/mol. The number of hydrogen-bond donors (Lipinski definition) is 0. The molecule has 5 nitrogen and oxygen atoms in total. The summed E-state index contributed by atoms with van der Waals surface area (Å²) in [6, 6.07) is 5.98. The van der Waals surface area contributed by atoms with Crippen LogP contribution in [0.5, 0.6) is 0 Å². The van der Waals surface area contributed by atoms with E-state index in [1.165, 1.54) is 7.11 Å². The van der Waals surface area contributed by atoms with Gasteiger partial charge in [-0.1, -0.05) is 6.07 Å². The molecule has 106 valence electrons. The maximum atomic E-state index is 11.6. The molecule has 1 atom stereocenters. The SMILES string of the molecule is COC(=O)C1CCCN(Cc2cn3ccccc3n2)C1. The van der Waals surface area contributed by atoms with Gasteiger partial charge in [-0.2, -0.15) is 0 Å². The lowest BCUT2D eigenvalue weighted by molar-refractivity contribution is -0.147. The van der Waals surface area contributed by atoms with Crippen molar-refractivity contribution in [3.8, 4) is 0 Å². The number of hydrogen-bond acceptors (Lipinski definition) is 4. The van der Waals surface area contributed by atoms with Crippen LogP contribution < -0.4 is 0 Å². The van der Waals surface area contributed by atoms with Crippen molar-refractivity contribution in [2.45, 2.75) is 19.4 Å². The summed E-state index contributed by atoms with van der Waals surface area (Å²) in [6.07, 6.45) is 6.01. The maximum absolute atomic E-state index is 11.6. The zero-order valence-corrected chi connectivity index (χ0v) is 11.7. The number of nitrogens with zero attached hydrogens (tertiary/aromatic N) is 3. The smallest absolute Gasteiger partial charge is 0.309 e. The predicted molar refractivity (Wildman–Crippen MR) is 75.2 cm³/mol. The van der Waals surface area contributed by atoms with Crippen LogP contribution >= 0.6 is 0 Å². The Labute approximate surface area is 118 Å². The highest BCUT2D eigenvalue weighted by atomic mass is 16.5. The summed E-state index contributed by atoms with van der Waals surface area (Å²) >= 11 is 0. The molecule has 20 heavy (non-hydrogen) atoms. The average Bonchev–Trinajstić information content (AvgIpc) is 2.88. The molecule has 1 aliphatic heterocycles. The number of rotatable bonds is 3. The Balaban J connectivity index is 1.69. The van der Waals surface area contributed by atoms with E-state index in [4.69, 9.17) is 4.74 Å². The second kappa shape index (κ2) is 5.63. The molecule has 5 heteroatoms. The molecule has 0 spiro atoms. The first-order valence-electron chi connectivity index (χ1n) is 6.99. The number of methoxy groups -OCH3 is 1. The number of esters is 1. The first-order valence-corrected chi connectivity index (χ1v) is 6.99. The van der Waals surface area contributed by atoms with Crippen LogP contribution in [0.15, 0.2) is 30.6 Å². The van der Waals surface area contributed by atoms with Crippen molar-refractivity contribution in [1.29, 1.82) is 0 Å². The van der Waals surface area contributed by atoms with E-state index in [0.29, 0.717) is 0 Å². The number of aromatic nitrogens is 2. The standard InChI is InChI=1S/C15H19N3O2/c1-20-15(19)12-5-4-7-17(9-12)10-13-11-18-8-3-2-6-14(18)16-13/h2-3,6,8,11-12H,4-5,7,9-10H2,1H3. The van der Waals surface area contributed by atoms with Crippen LogP contribution in [0.4, 0.5) is 0 Å². The fourth-order valence-corrected chi connectivity index (χ4v) is 2.85. The zero-order valence-electron chi connectivity index (χ0n) is 11.7. The Kier molecular flexibility index (Phi) is 3.69. The number of imidazole rings is 1. The highest BCUT2D eigenvalue weighted by Crippen LogP contribution is 2.19. The number of piperidine rings is 1. The zero-order chi connectivity index (χ0) is 13.9. The van der Waals surface area contributed by atoms with Crippen molar-refractivity contribution in [2.75, 3.05) is 20.2 Å². The van der Waals surface area contributed by atoms with Crippen LogP contribution in [0.3, 0.4) is 0 Å². The summed E-state index contributed by atoms with van der Waals surface area (Å²) in [4.78, 5) is 18.5. The molecule has 0 N–H and O–H groups in total. The first-order chi connectivity index (χ1) is 9.76. The molecule has 0 radical (unpaired) electrons. The molecule has 3 heterocycles. The van der Waals surface area contributed by atoms with Crippen LogP contribution in [0.2, 0.25) is 0 Å². The van der Waals surface area contributed by atoms with Gasteiger partial charge in [0, 0.05) is 25.5 Å². The van der Waals surface area contributed by atoms with Crippen molar-refractivity contribution in [3.05, 3.63) is 36.3 Å². The van der Waals surface area contributed by atoms with Gasteiger partial charge in [-0.05, 0) is 31.5 Å². The van der Waals surface area contributed by atoms with Crippen LogP contribution in [0.1, 0.15) is 18.5 Å². The van der Waals surface area contributed by atoms with Crippen LogP contribution in [-0.4, -0.2) is 40.5 Å². The molecule has 2 aromatic rings. The minimum Gasteiger partial charge on any atom is -0.469 e. The third-order valence-electron chi connectivity index (χ3n) is 3.84. The second-order valence-electron chi connectivity index (χ2n) is 5.30. The number of carbonyl (C=O) groups excluding carboxylic acids is 1. The van der Waals surface area contributed by atoms with Gasteiger partial charge in [0.2, 0.25) is 0 Å². The summed E-state index contributed by atoms with van der Waals surface area (Å²) in [5.41, 5.74) is 2.01. The van der Waals surface area contributed by atoms with Crippen LogP contribution in [0.25, 0.3) is 5.65 Å². The van der Waals surface area contributed by atoms with Gasteiger partial charge in [0.1, 0.15) is 5.65 Å². The van der Waals surface area contributed by atoms with E-state index in [1.54, 1.807) is 0 Å². The number of likely N-dealkylation sites (tertiary alicyclic amines) is 1.